The molecule has 69 heavy (non-hydrogen) atoms. The van der Waals surface area contributed by atoms with Gasteiger partial charge in [0.2, 0.25) is 5.91 Å². The van der Waals surface area contributed by atoms with Crippen molar-refractivity contribution in [3.63, 3.8) is 0 Å². The van der Waals surface area contributed by atoms with Crippen LogP contribution in [0.2, 0.25) is 0 Å². The number of alkyl halides is 6. The van der Waals surface area contributed by atoms with E-state index < -0.39 is 24.3 Å². The number of thiazole rings is 2. The number of benzene rings is 2. The molecule has 0 atom stereocenters. The molecule has 2 saturated heterocycles. The zero-order chi connectivity index (χ0) is 51.1. The summed E-state index contributed by atoms with van der Waals surface area (Å²) in [5, 5.41) is 30.5. The second-order valence-electron chi connectivity index (χ2n) is 16.3. The van der Waals surface area contributed by atoms with Crippen LogP contribution in [0.5, 0.6) is 5.75 Å². The molecule has 16 nitrogen and oxygen atoms in total. The van der Waals surface area contributed by atoms with Crippen LogP contribution in [0.4, 0.5) is 30.7 Å². The quantitative estimate of drug-likeness (QED) is 0.0572. The summed E-state index contributed by atoms with van der Waals surface area (Å²) >= 11 is 2.63. The van der Waals surface area contributed by atoms with Crippen LogP contribution in [0.25, 0.3) is 10.2 Å². The van der Waals surface area contributed by atoms with Gasteiger partial charge >= 0.3 is 29.2 Å². The highest BCUT2D eigenvalue weighted by molar-refractivity contribution is 7.16. The van der Waals surface area contributed by atoms with Crippen molar-refractivity contribution in [2.24, 2.45) is 0 Å². The predicted octanol–water partition coefficient (Wildman–Crippen LogP) is 6.42. The normalized spacial score (nSPS) is 15.1. The minimum atomic E-state index is -5.08. The van der Waals surface area contributed by atoms with Crippen molar-refractivity contribution >= 4 is 56.6 Å². The first-order valence-corrected chi connectivity index (χ1v) is 23.5. The molecular formula is C44H55F7N6O10S2. The number of carboxylic acid groups (broad SMARTS) is 2. The van der Waals surface area contributed by atoms with Gasteiger partial charge < -0.3 is 44.9 Å². The number of aromatic nitrogens is 2. The second-order valence-corrected chi connectivity index (χ2v) is 18.2. The molecule has 0 bridgehead atoms. The van der Waals surface area contributed by atoms with Gasteiger partial charge in [0.15, 0.2) is 0 Å². The summed E-state index contributed by atoms with van der Waals surface area (Å²) in [5.41, 5.74) is 3.28. The molecule has 2 aliphatic rings. The standard InChI is InChI=1S/C40H53FN6O6S2.2C2HF3O2/c1-4-46(18-15-42-14-9-29-6-8-33(48)35-36(29)55-39(51)44-35)34(49)11-21-52-20-10-30-23-28(5-7-31(30)41)24-45-16-12-40(13-17-45)26-47(19-22-53-40)38(50)32-25-54-37(43-32)27(2)3;2*3-2(4,5)1(6)7/h5-8,23,25,27,42,48H,4,9-22,24,26H2,1-3H3,(H,44,51);2*(H,6,7). The average molecular weight is 1030 g/mol. The fourth-order valence-corrected chi connectivity index (χ4v) is 9.03. The zero-order valence-corrected chi connectivity index (χ0v) is 39.6. The van der Waals surface area contributed by atoms with Crippen molar-refractivity contribution in [1.82, 2.24) is 30.0 Å². The maximum Gasteiger partial charge on any atom is 0.490 e. The molecule has 0 unspecified atom stereocenters. The number of carbonyl (C=O) groups is 4. The number of hydrogen-bond acceptors (Lipinski definition) is 13. The van der Waals surface area contributed by atoms with Crippen LogP contribution in [0, 0.1) is 5.82 Å². The van der Waals surface area contributed by atoms with Crippen molar-refractivity contribution in [2.75, 3.05) is 72.2 Å². The first-order valence-electron chi connectivity index (χ1n) is 21.8. The van der Waals surface area contributed by atoms with Crippen LogP contribution >= 0.6 is 22.7 Å². The summed E-state index contributed by atoms with van der Waals surface area (Å²) in [5.74, 6) is -5.42. The number of piperidine rings is 1. The number of halogens is 7. The number of phenolic OH excluding ortho intramolecular Hbond substituents is 1. The Morgan fingerprint density at radius 1 is 0.971 bits per heavy atom. The molecule has 4 heterocycles. The van der Waals surface area contributed by atoms with E-state index in [-0.39, 0.29) is 46.9 Å². The van der Waals surface area contributed by atoms with Gasteiger partial charge in [-0.25, -0.2) is 19.0 Å². The summed E-state index contributed by atoms with van der Waals surface area (Å²) < 4.78 is 91.1. The monoisotopic (exact) mass is 1020 g/mol. The lowest BCUT2D eigenvalue weighted by Gasteiger charge is -2.47. The first kappa shape index (κ1) is 56.4. The molecular weight excluding hydrogens is 970 g/mol. The highest BCUT2D eigenvalue weighted by Gasteiger charge is 2.42. The number of H-pyrrole nitrogens is 1. The fraction of sp³-hybridized carbons (Fsp3) is 0.545. The molecule has 5 N–H and O–H groups in total. The Bertz CT molecular complexity index is 2380. The number of ether oxygens (including phenoxy) is 2. The molecule has 382 valence electrons. The molecule has 2 aromatic heterocycles. The van der Waals surface area contributed by atoms with E-state index in [2.05, 4.69) is 34.0 Å². The van der Waals surface area contributed by atoms with Gasteiger partial charge in [0.25, 0.3) is 5.91 Å². The molecule has 0 radical (unpaired) electrons. The van der Waals surface area contributed by atoms with Crippen molar-refractivity contribution in [3.8, 4) is 5.75 Å². The topological polar surface area (TPSA) is 215 Å². The van der Waals surface area contributed by atoms with Crippen molar-refractivity contribution in [2.45, 2.75) is 83.3 Å². The van der Waals surface area contributed by atoms with Gasteiger partial charge in [-0.1, -0.05) is 43.4 Å². The van der Waals surface area contributed by atoms with E-state index in [9.17, 15) is 50.2 Å². The Morgan fingerprint density at radius 2 is 1.64 bits per heavy atom. The van der Waals surface area contributed by atoms with Gasteiger partial charge in [0, 0.05) is 57.1 Å². The molecule has 2 amide bonds. The van der Waals surface area contributed by atoms with Crippen LogP contribution < -0.4 is 10.2 Å². The number of likely N-dealkylation sites (N-methyl/N-ethyl adjacent to an activating group) is 1. The predicted molar refractivity (Wildman–Crippen MR) is 241 cm³/mol. The molecule has 0 aliphatic carbocycles. The fourth-order valence-electron chi connectivity index (χ4n) is 7.32. The number of hydrogen-bond donors (Lipinski definition) is 5. The number of rotatable bonds is 17. The number of fused-ring (bicyclic) bond motifs is 1. The third kappa shape index (κ3) is 17.3. The SMILES string of the molecule is CCN(CCNCCc1ccc(O)c2[nH]c(=O)sc12)C(=O)CCOCCc1cc(CN2CCC3(CC2)CN(C(=O)c2csc(C(C)C)n2)CCO3)ccc1F.O=C(O)C(F)(F)F.O=C(O)C(F)(F)F. The number of aliphatic carboxylic acids is 2. The van der Waals surface area contributed by atoms with E-state index in [1.165, 1.54) is 17.4 Å². The number of carboxylic acids is 2. The van der Waals surface area contributed by atoms with E-state index in [1.54, 1.807) is 11.0 Å². The Kier molecular flexibility index (Phi) is 20.9. The largest absolute Gasteiger partial charge is 0.506 e. The Morgan fingerprint density at radius 3 is 2.25 bits per heavy atom. The van der Waals surface area contributed by atoms with E-state index in [0.29, 0.717) is 94.6 Å². The van der Waals surface area contributed by atoms with Crippen LogP contribution in [0.3, 0.4) is 0 Å². The minimum Gasteiger partial charge on any atom is -0.506 e. The third-order valence-corrected chi connectivity index (χ3v) is 13.1. The van der Waals surface area contributed by atoms with Gasteiger partial charge in [-0.3, -0.25) is 19.3 Å². The van der Waals surface area contributed by atoms with Gasteiger partial charge in [-0.15, -0.1) is 11.3 Å². The lowest BCUT2D eigenvalue weighted by molar-refractivity contribution is -0.193. The van der Waals surface area contributed by atoms with Crippen LogP contribution in [0.15, 0.2) is 40.5 Å². The molecule has 0 saturated carbocycles. The number of amides is 2. The van der Waals surface area contributed by atoms with Crippen molar-refractivity contribution in [1.29, 1.82) is 0 Å². The second kappa shape index (κ2) is 25.6. The van der Waals surface area contributed by atoms with Crippen LogP contribution in [-0.2, 0) is 43.2 Å². The summed E-state index contributed by atoms with van der Waals surface area (Å²) in [4.78, 5) is 68.8. The maximum atomic E-state index is 14.8. The van der Waals surface area contributed by atoms with Crippen molar-refractivity contribution in [3.05, 3.63) is 78.6 Å². The summed E-state index contributed by atoms with van der Waals surface area (Å²) in [7, 11) is 0. The number of morpholine rings is 1. The van der Waals surface area contributed by atoms with Gasteiger partial charge in [0.1, 0.15) is 22.8 Å². The molecule has 1 spiro atoms. The van der Waals surface area contributed by atoms with E-state index in [0.717, 1.165) is 58.1 Å². The van der Waals surface area contributed by atoms with E-state index in [1.807, 2.05) is 35.4 Å². The number of carbonyl (C=O) groups excluding carboxylic acids is 2. The number of nitrogens with zero attached hydrogens (tertiary/aromatic N) is 4. The van der Waals surface area contributed by atoms with Crippen LogP contribution in [-0.4, -0.2) is 154 Å². The summed E-state index contributed by atoms with van der Waals surface area (Å²) in [6, 6.07) is 8.71. The number of phenols is 1. The summed E-state index contributed by atoms with van der Waals surface area (Å²) in [6.07, 6.45) is -7.16. The molecule has 6 rings (SSSR count). The van der Waals surface area contributed by atoms with E-state index in [4.69, 9.17) is 29.3 Å². The van der Waals surface area contributed by atoms with Crippen LogP contribution in [0.1, 0.15) is 78.1 Å². The highest BCUT2D eigenvalue weighted by atomic mass is 32.1. The minimum absolute atomic E-state index is 0.00997. The first-order chi connectivity index (χ1) is 32.4. The Balaban J connectivity index is 0.000000645. The number of likely N-dealkylation sites (tertiary alicyclic amines) is 1. The smallest absolute Gasteiger partial charge is 0.490 e. The van der Waals surface area contributed by atoms with Gasteiger partial charge in [0.05, 0.1) is 48.1 Å². The number of aromatic amines is 1. The molecule has 4 aromatic rings. The molecule has 2 aromatic carbocycles. The average Bonchev–Trinajstić information content (AvgIpc) is 3.95. The number of nitrogens with one attached hydrogen (secondary N) is 2. The van der Waals surface area contributed by atoms with Crippen molar-refractivity contribution < 1.29 is 74.7 Å². The Labute approximate surface area is 400 Å². The van der Waals surface area contributed by atoms with Gasteiger partial charge in [-0.2, -0.15) is 26.3 Å². The lowest BCUT2D eigenvalue weighted by atomic mass is 9.89. The van der Waals surface area contributed by atoms with Gasteiger partial charge in [-0.05, 0) is 68.0 Å². The molecule has 2 fully saturated rings. The maximum absolute atomic E-state index is 14.8. The van der Waals surface area contributed by atoms with E-state index >= 15 is 0 Å². The summed E-state index contributed by atoms with van der Waals surface area (Å²) in [6.45, 7) is 13.2. The Hall–Kier alpha value is -5.21. The lowest BCUT2D eigenvalue weighted by Crippen LogP contribution is -2.58. The molecule has 25 heteroatoms. The number of aromatic hydroxyl groups is 1. The molecule has 2 aliphatic heterocycles. The zero-order valence-electron chi connectivity index (χ0n) is 38.0. The highest BCUT2D eigenvalue weighted by Crippen LogP contribution is 2.32. The third-order valence-electron chi connectivity index (χ3n) is 11.0.